The number of nitrogens with one attached hydrogen (secondary N) is 1. The molecule has 0 aliphatic heterocycles. The summed E-state index contributed by atoms with van der Waals surface area (Å²) in [4.78, 5) is 12.1. The number of carbonyl (C=O) groups is 1. The first-order valence-corrected chi connectivity index (χ1v) is 9.29. The fourth-order valence-electron chi connectivity index (χ4n) is 3.34. The largest absolute Gasteiger partial charge is 0.505 e. The van der Waals surface area contributed by atoms with Crippen LogP contribution in [0.3, 0.4) is 0 Å². The number of benzene rings is 2. The molecule has 2 aromatic carbocycles. The zero-order valence-corrected chi connectivity index (χ0v) is 15.6. The van der Waals surface area contributed by atoms with Crippen LogP contribution >= 0.6 is 0 Å². The molecule has 29 heavy (non-hydrogen) atoms. The standard InChI is InChI=1S/C21H22F3NO4/c22-15-3-1-2-4-18(15)29-11-13-7-8-21(28,19(24)9-13)12-25-20(27)14-5-6-17(26)16(23)10-14/h1-6,10,13,19,26,28H,7-9,11-12H2,(H,25,27). The van der Waals surface area contributed by atoms with Crippen LogP contribution in [-0.4, -0.2) is 41.0 Å². The number of aliphatic hydroxyl groups is 1. The van der Waals surface area contributed by atoms with Gasteiger partial charge in [0.05, 0.1) is 6.61 Å². The Bertz CT molecular complexity index is 879. The molecular weight excluding hydrogens is 387 g/mol. The number of alkyl halides is 1. The molecule has 3 N–H and O–H groups in total. The van der Waals surface area contributed by atoms with Crippen molar-refractivity contribution < 1.29 is 32.9 Å². The Hall–Kier alpha value is -2.74. The number of halogens is 3. The number of phenolic OH excluding ortho intramolecular Hbond substituents is 1. The van der Waals surface area contributed by atoms with Crippen molar-refractivity contribution in [2.24, 2.45) is 5.92 Å². The Morgan fingerprint density at radius 2 is 1.97 bits per heavy atom. The maximum absolute atomic E-state index is 14.6. The van der Waals surface area contributed by atoms with Gasteiger partial charge in [0.1, 0.15) is 11.8 Å². The summed E-state index contributed by atoms with van der Waals surface area (Å²) in [6, 6.07) is 9.07. The average Bonchev–Trinajstić information content (AvgIpc) is 2.70. The molecule has 2 aromatic rings. The van der Waals surface area contributed by atoms with Crippen LogP contribution in [0.15, 0.2) is 42.5 Å². The van der Waals surface area contributed by atoms with E-state index >= 15 is 0 Å². The number of phenols is 1. The van der Waals surface area contributed by atoms with Crippen molar-refractivity contribution in [3.63, 3.8) is 0 Å². The topological polar surface area (TPSA) is 78.8 Å². The molecule has 156 valence electrons. The maximum atomic E-state index is 14.6. The van der Waals surface area contributed by atoms with Gasteiger partial charge in [0.15, 0.2) is 23.1 Å². The van der Waals surface area contributed by atoms with Crippen LogP contribution in [0.1, 0.15) is 29.6 Å². The number of rotatable bonds is 6. The molecule has 1 saturated carbocycles. The lowest BCUT2D eigenvalue weighted by molar-refractivity contribution is -0.0762. The number of hydrogen-bond donors (Lipinski definition) is 3. The van der Waals surface area contributed by atoms with E-state index in [0.717, 1.165) is 12.1 Å². The smallest absolute Gasteiger partial charge is 0.251 e. The third kappa shape index (κ3) is 5.00. The summed E-state index contributed by atoms with van der Waals surface area (Å²) in [6.45, 7) is -0.215. The first-order valence-electron chi connectivity index (χ1n) is 9.29. The Kier molecular flexibility index (Phi) is 6.32. The van der Waals surface area contributed by atoms with E-state index < -0.39 is 35.1 Å². The highest BCUT2D eigenvalue weighted by molar-refractivity contribution is 5.94. The summed E-state index contributed by atoms with van der Waals surface area (Å²) >= 11 is 0. The minimum Gasteiger partial charge on any atom is -0.505 e. The highest BCUT2D eigenvalue weighted by Gasteiger charge is 2.43. The third-order valence-corrected chi connectivity index (χ3v) is 5.18. The number of hydrogen-bond acceptors (Lipinski definition) is 4. The summed E-state index contributed by atoms with van der Waals surface area (Å²) in [5.74, 6) is -2.82. The second kappa shape index (κ2) is 8.73. The second-order valence-electron chi connectivity index (χ2n) is 7.30. The SMILES string of the molecule is O=C(NCC1(O)CCC(COc2ccccc2F)CC1F)c1ccc(O)c(F)c1. The normalized spacial score (nSPS) is 24.1. The van der Waals surface area contributed by atoms with Gasteiger partial charge in [-0.1, -0.05) is 12.1 Å². The predicted octanol–water partition coefficient (Wildman–Crippen LogP) is 3.35. The monoisotopic (exact) mass is 409 g/mol. The molecule has 3 unspecified atom stereocenters. The summed E-state index contributed by atoms with van der Waals surface area (Å²) in [6.07, 6.45) is -1.07. The van der Waals surface area contributed by atoms with Gasteiger partial charge >= 0.3 is 0 Å². The van der Waals surface area contributed by atoms with E-state index in [4.69, 9.17) is 9.84 Å². The molecule has 1 aliphatic carbocycles. The van der Waals surface area contributed by atoms with Crippen molar-refractivity contribution >= 4 is 5.91 Å². The van der Waals surface area contributed by atoms with Crippen LogP contribution in [0.5, 0.6) is 11.5 Å². The Balaban J connectivity index is 1.51. The lowest BCUT2D eigenvalue weighted by atomic mass is 9.77. The Morgan fingerprint density at radius 3 is 2.66 bits per heavy atom. The molecule has 1 aliphatic rings. The molecule has 0 bridgehead atoms. The molecule has 0 spiro atoms. The van der Waals surface area contributed by atoms with Crippen LogP contribution in [0.4, 0.5) is 13.2 Å². The predicted molar refractivity (Wildman–Crippen MR) is 99.5 cm³/mol. The first-order chi connectivity index (χ1) is 13.8. The highest BCUT2D eigenvalue weighted by Crippen LogP contribution is 2.35. The van der Waals surface area contributed by atoms with Gasteiger partial charge in [-0.05, 0) is 55.5 Å². The Labute approximate surface area is 166 Å². The van der Waals surface area contributed by atoms with E-state index in [-0.39, 0.29) is 43.2 Å². The van der Waals surface area contributed by atoms with Gasteiger partial charge in [-0.2, -0.15) is 0 Å². The van der Waals surface area contributed by atoms with Gasteiger partial charge in [0.25, 0.3) is 5.91 Å². The number of amides is 1. The number of ether oxygens (including phenoxy) is 1. The molecule has 0 aromatic heterocycles. The van der Waals surface area contributed by atoms with Crippen molar-refractivity contribution in [3.8, 4) is 11.5 Å². The minimum absolute atomic E-state index is 0.00859. The van der Waals surface area contributed by atoms with E-state index in [1.165, 1.54) is 18.2 Å². The molecule has 1 amide bonds. The minimum atomic E-state index is -1.75. The van der Waals surface area contributed by atoms with E-state index in [0.29, 0.717) is 6.42 Å². The van der Waals surface area contributed by atoms with E-state index in [1.54, 1.807) is 12.1 Å². The quantitative estimate of drug-likeness (QED) is 0.684. The number of para-hydroxylation sites is 1. The van der Waals surface area contributed by atoms with Crippen LogP contribution in [-0.2, 0) is 0 Å². The summed E-state index contributed by atoms with van der Waals surface area (Å²) < 4.78 is 47.0. The number of aromatic hydroxyl groups is 1. The van der Waals surface area contributed by atoms with Crippen molar-refractivity contribution in [1.82, 2.24) is 5.32 Å². The summed E-state index contributed by atoms with van der Waals surface area (Å²) in [5, 5.41) is 22.1. The van der Waals surface area contributed by atoms with Gasteiger partial charge < -0.3 is 20.3 Å². The van der Waals surface area contributed by atoms with Crippen LogP contribution in [0, 0.1) is 17.6 Å². The fourth-order valence-corrected chi connectivity index (χ4v) is 3.34. The second-order valence-corrected chi connectivity index (χ2v) is 7.30. The molecule has 3 rings (SSSR count). The molecule has 5 nitrogen and oxygen atoms in total. The first kappa shape index (κ1) is 21.0. The van der Waals surface area contributed by atoms with E-state index in [1.807, 2.05) is 0 Å². The molecular formula is C21H22F3NO4. The van der Waals surface area contributed by atoms with E-state index in [2.05, 4.69) is 5.32 Å². The van der Waals surface area contributed by atoms with Crippen LogP contribution in [0.2, 0.25) is 0 Å². The van der Waals surface area contributed by atoms with Crippen molar-refractivity contribution in [2.75, 3.05) is 13.2 Å². The maximum Gasteiger partial charge on any atom is 0.251 e. The fraction of sp³-hybridized carbons (Fsp3) is 0.381. The number of carbonyl (C=O) groups excluding carboxylic acids is 1. The van der Waals surface area contributed by atoms with Gasteiger partial charge in [0.2, 0.25) is 0 Å². The van der Waals surface area contributed by atoms with Gasteiger partial charge in [-0.25, -0.2) is 13.2 Å². The summed E-state index contributed by atoms with van der Waals surface area (Å²) in [7, 11) is 0. The molecule has 0 radical (unpaired) electrons. The zero-order chi connectivity index (χ0) is 21.0. The highest BCUT2D eigenvalue weighted by atomic mass is 19.1. The molecule has 3 atom stereocenters. The van der Waals surface area contributed by atoms with Crippen molar-refractivity contribution in [1.29, 1.82) is 0 Å². The third-order valence-electron chi connectivity index (χ3n) is 5.18. The lowest BCUT2D eigenvalue weighted by Gasteiger charge is -2.38. The Morgan fingerprint density at radius 1 is 1.21 bits per heavy atom. The summed E-state index contributed by atoms with van der Waals surface area (Å²) in [5.41, 5.74) is -1.80. The van der Waals surface area contributed by atoms with Crippen LogP contribution in [0.25, 0.3) is 0 Å². The van der Waals surface area contributed by atoms with E-state index in [9.17, 15) is 23.1 Å². The van der Waals surface area contributed by atoms with Gasteiger partial charge in [0, 0.05) is 12.1 Å². The molecule has 0 saturated heterocycles. The average molecular weight is 409 g/mol. The van der Waals surface area contributed by atoms with Crippen molar-refractivity contribution in [2.45, 2.75) is 31.0 Å². The molecule has 8 heteroatoms. The van der Waals surface area contributed by atoms with Gasteiger partial charge in [-0.15, -0.1) is 0 Å². The molecule has 1 fully saturated rings. The zero-order valence-electron chi connectivity index (χ0n) is 15.6. The lowest BCUT2D eigenvalue weighted by Crippen LogP contribution is -2.53. The van der Waals surface area contributed by atoms with Gasteiger partial charge in [-0.3, -0.25) is 4.79 Å². The van der Waals surface area contributed by atoms with Crippen molar-refractivity contribution in [3.05, 3.63) is 59.7 Å². The molecule has 0 heterocycles. The van der Waals surface area contributed by atoms with Crippen LogP contribution < -0.4 is 10.1 Å².